The molecule has 0 saturated carbocycles. The molecule has 13 nitrogen and oxygen atoms in total. The lowest BCUT2D eigenvalue weighted by molar-refractivity contribution is -0.142. The van der Waals surface area contributed by atoms with Crippen molar-refractivity contribution in [2.24, 2.45) is 0 Å². The van der Waals surface area contributed by atoms with Gasteiger partial charge in [0, 0.05) is 58.4 Å². The molecule has 0 aromatic rings. The standard InChI is InChI=1S/C43H81N5O8/c1-3-5-7-9-11-12-13-14-15-16-18-20-29-44-39(51)26-25-38(43(55)46-30-22-24-42(54)56-37-21-19-17-10-8-6-4-2)47-41(53)28-27-40(52)45-31-23-32-48(33-35-49)34-36-50/h19,21,38,49-50H,3-18,20,22-37H2,1-2H3,(H,44,51)(H,45,52)(H,46,55)(H,47,53)/b21-19-. The van der Waals surface area contributed by atoms with E-state index in [0.29, 0.717) is 45.6 Å². The zero-order chi connectivity index (χ0) is 41.3. The molecule has 0 bridgehead atoms. The Labute approximate surface area is 339 Å². The minimum absolute atomic E-state index is 0.0172. The van der Waals surface area contributed by atoms with E-state index in [2.05, 4.69) is 35.1 Å². The lowest BCUT2D eigenvalue weighted by atomic mass is 10.1. The van der Waals surface area contributed by atoms with Crippen molar-refractivity contribution in [1.82, 2.24) is 26.2 Å². The van der Waals surface area contributed by atoms with E-state index < -0.39 is 17.9 Å². The maximum atomic E-state index is 13.1. The third kappa shape index (κ3) is 35.4. The number of nitrogens with zero attached hydrogens (tertiary/aromatic N) is 1. The number of esters is 1. The van der Waals surface area contributed by atoms with E-state index in [1.807, 2.05) is 17.1 Å². The summed E-state index contributed by atoms with van der Waals surface area (Å²) in [6.45, 7) is 7.24. The van der Waals surface area contributed by atoms with E-state index in [9.17, 15) is 24.0 Å². The molecule has 0 aromatic carbocycles. The van der Waals surface area contributed by atoms with Crippen LogP contribution in [0.25, 0.3) is 0 Å². The van der Waals surface area contributed by atoms with E-state index in [1.165, 1.54) is 77.0 Å². The van der Waals surface area contributed by atoms with Crippen molar-refractivity contribution in [2.75, 3.05) is 59.1 Å². The topological polar surface area (TPSA) is 186 Å². The summed E-state index contributed by atoms with van der Waals surface area (Å²) in [5.41, 5.74) is 0. The fraction of sp³-hybridized carbons (Fsp3) is 0.837. The normalized spacial score (nSPS) is 11.8. The molecule has 4 amide bonds. The van der Waals surface area contributed by atoms with Crippen molar-refractivity contribution in [3.8, 4) is 0 Å². The molecule has 13 heteroatoms. The summed E-state index contributed by atoms with van der Waals surface area (Å²) in [6, 6.07) is -0.971. The van der Waals surface area contributed by atoms with E-state index in [1.54, 1.807) is 0 Å². The van der Waals surface area contributed by atoms with E-state index >= 15 is 0 Å². The zero-order valence-electron chi connectivity index (χ0n) is 35.4. The molecule has 0 radical (unpaired) electrons. The fourth-order valence-electron chi connectivity index (χ4n) is 6.21. The van der Waals surface area contributed by atoms with Crippen molar-refractivity contribution in [1.29, 1.82) is 0 Å². The van der Waals surface area contributed by atoms with E-state index in [4.69, 9.17) is 14.9 Å². The number of aliphatic hydroxyl groups is 2. The summed E-state index contributed by atoms with van der Waals surface area (Å²) in [4.78, 5) is 65.0. The van der Waals surface area contributed by atoms with Gasteiger partial charge in [-0.05, 0) is 45.1 Å². The lowest BCUT2D eigenvalue weighted by Crippen LogP contribution is -2.47. The van der Waals surface area contributed by atoms with Gasteiger partial charge in [-0.1, -0.05) is 116 Å². The van der Waals surface area contributed by atoms with Gasteiger partial charge >= 0.3 is 5.97 Å². The molecular formula is C43H81N5O8. The number of unbranched alkanes of at least 4 members (excludes halogenated alkanes) is 15. The summed E-state index contributed by atoms with van der Waals surface area (Å²) in [6.07, 6.45) is 25.5. The third-order valence-electron chi connectivity index (χ3n) is 9.64. The average Bonchev–Trinajstić information content (AvgIpc) is 3.18. The van der Waals surface area contributed by atoms with Gasteiger partial charge in [0.05, 0.1) is 13.2 Å². The lowest BCUT2D eigenvalue weighted by Gasteiger charge is -2.20. The van der Waals surface area contributed by atoms with Crippen LogP contribution in [0.2, 0.25) is 0 Å². The average molecular weight is 796 g/mol. The first-order chi connectivity index (χ1) is 27.3. The molecule has 0 rings (SSSR count). The molecule has 0 aliphatic carbocycles. The summed E-state index contributed by atoms with van der Waals surface area (Å²) in [5.74, 6) is -1.77. The second kappa shape index (κ2) is 40.2. The Morgan fingerprint density at radius 2 is 1.07 bits per heavy atom. The van der Waals surface area contributed by atoms with Gasteiger partial charge in [0.2, 0.25) is 23.6 Å². The van der Waals surface area contributed by atoms with Crippen molar-refractivity contribution in [2.45, 2.75) is 174 Å². The van der Waals surface area contributed by atoms with Gasteiger partial charge in [-0.3, -0.25) is 28.9 Å². The summed E-state index contributed by atoms with van der Waals surface area (Å²) in [7, 11) is 0. The third-order valence-corrected chi connectivity index (χ3v) is 9.64. The van der Waals surface area contributed by atoms with Crippen molar-refractivity contribution < 1.29 is 38.9 Å². The van der Waals surface area contributed by atoms with Crippen LogP contribution < -0.4 is 21.3 Å². The van der Waals surface area contributed by atoms with Crippen molar-refractivity contribution in [3.05, 3.63) is 12.2 Å². The Hall–Kier alpha value is -3.03. The number of nitrogens with one attached hydrogen (secondary N) is 4. The smallest absolute Gasteiger partial charge is 0.306 e. The fourth-order valence-corrected chi connectivity index (χ4v) is 6.21. The largest absolute Gasteiger partial charge is 0.461 e. The molecule has 1 atom stereocenters. The van der Waals surface area contributed by atoms with Crippen LogP contribution in [0.15, 0.2) is 12.2 Å². The Kier molecular flexibility index (Phi) is 38.0. The molecule has 326 valence electrons. The summed E-state index contributed by atoms with van der Waals surface area (Å²) >= 11 is 0. The Morgan fingerprint density at radius 1 is 0.554 bits per heavy atom. The SMILES string of the molecule is CCCCCC/C=C\COC(=O)CCCNC(=O)C(CCC(=O)NCCCCCCCCCCCCCC)NC(=O)CCC(=O)NCCCN(CCO)CCO. The predicted molar refractivity (Wildman–Crippen MR) is 224 cm³/mol. The highest BCUT2D eigenvalue weighted by molar-refractivity contribution is 5.89. The van der Waals surface area contributed by atoms with Crippen LogP contribution in [-0.2, 0) is 28.7 Å². The first-order valence-corrected chi connectivity index (χ1v) is 22.1. The van der Waals surface area contributed by atoms with Crippen LogP contribution in [-0.4, -0.2) is 110 Å². The van der Waals surface area contributed by atoms with Gasteiger partial charge in [0.15, 0.2) is 0 Å². The second-order valence-corrected chi connectivity index (χ2v) is 14.8. The first kappa shape index (κ1) is 53.0. The summed E-state index contributed by atoms with van der Waals surface area (Å²) in [5, 5.41) is 29.4. The number of rotatable bonds is 40. The second-order valence-electron chi connectivity index (χ2n) is 14.8. The molecule has 0 aliphatic rings. The quantitative estimate of drug-likeness (QED) is 0.0261. The molecule has 1 unspecified atom stereocenters. The van der Waals surface area contributed by atoms with E-state index in [-0.39, 0.29) is 76.3 Å². The number of carbonyl (C=O) groups excluding carboxylic acids is 5. The van der Waals surface area contributed by atoms with Crippen molar-refractivity contribution in [3.63, 3.8) is 0 Å². The number of carbonyl (C=O) groups is 5. The Balaban J connectivity index is 4.67. The number of amides is 4. The van der Waals surface area contributed by atoms with Gasteiger partial charge in [-0.2, -0.15) is 0 Å². The highest BCUT2D eigenvalue weighted by atomic mass is 16.5. The Morgan fingerprint density at radius 3 is 1.68 bits per heavy atom. The molecule has 0 spiro atoms. The van der Waals surface area contributed by atoms with Crippen LogP contribution in [0.4, 0.5) is 0 Å². The highest BCUT2D eigenvalue weighted by Gasteiger charge is 2.22. The van der Waals surface area contributed by atoms with E-state index in [0.717, 1.165) is 32.1 Å². The van der Waals surface area contributed by atoms with Crippen LogP contribution in [0.1, 0.15) is 168 Å². The minimum Gasteiger partial charge on any atom is -0.461 e. The van der Waals surface area contributed by atoms with Crippen molar-refractivity contribution >= 4 is 29.6 Å². The number of hydrogen-bond acceptors (Lipinski definition) is 9. The molecule has 6 N–H and O–H groups in total. The maximum absolute atomic E-state index is 13.1. The van der Waals surface area contributed by atoms with Gasteiger partial charge < -0.3 is 36.2 Å². The van der Waals surface area contributed by atoms with Gasteiger partial charge in [-0.25, -0.2) is 0 Å². The molecule has 0 heterocycles. The number of allylic oxidation sites excluding steroid dienone is 1. The molecule has 0 saturated heterocycles. The van der Waals surface area contributed by atoms with Crippen LogP contribution in [0, 0.1) is 0 Å². The minimum atomic E-state index is -0.971. The first-order valence-electron chi connectivity index (χ1n) is 22.1. The molecule has 0 aromatic heterocycles. The van der Waals surface area contributed by atoms with Crippen LogP contribution in [0.3, 0.4) is 0 Å². The van der Waals surface area contributed by atoms with Gasteiger partial charge in [0.1, 0.15) is 12.6 Å². The number of hydrogen-bond donors (Lipinski definition) is 6. The molecule has 56 heavy (non-hydrogen) atoms. The van der Waals surface area contributed by atoms with Crippen LogP contribution in [0.5, 0.6) is 0 Å². The monoisotopic (exact) mass is 796 g/mol. The van der Waals surface area contributed by atoms with Gasteiger partial charge in [-0.15, -0.1) is 0 Å². The molecule has 0 fully saturated rings. The molecular weight excluding hydrogens is 714 g/mol. The highest BCUT2D eigenvalue weighted by Crippen LogP contribution is 2.12. The number of aliphatic hydroxyl groups excluding tert-OH is 2. The Bertz CT molecular complexity index is 1020. The molecule has 0 aliphatic heterocycles. The van der Waals surface area contributed by atoms with Crippen LogP contribution >= 0.6 is 0 Å². The number of ether oxygens (including phenoxy) is 1. The maximum Gasteiger partial charge on any atom is 0.306 e. The zero-order valence-corrected chi connectivity index (χ0v) is 35.4. The van der Waals surface area contributed by atoms with Gasteiger partial charge in [0.25, 0.3) is 0 Å². The summed E-state index contributed by atoms with van der Waals surface area (Å²) < 4.78 is 5.24. The predicted octanol–water partition coefficient (Wildman–Crippen LogP) is 5.61.